The molecule has 0 aliphatic rings. The molecule has 0 aliphatic carbocycles. The van der Waals surface area contributed by atoms with Crippen LogP contribution < -0.4 is 5.32 Å². The Bertz CT molecular complexity index is 518. The fraction of sp³-hybridized carbons (Fsp3) is 0.385. The number of hydrogen-bond acceptors (Lipinski definition) is 4. The molecule has 2 aromatic rings. The average Bonchev–Trinajstić information content (AvgIpc) is 2.91. The first-order valence-electron chi connectivity index (χ1n) is 6.28. The number of hydrogen-bond donors (Lipinski definition) is 1. The maximum Gasteiger partial charge on any atom is 0.224 e. The number of rotatable bonds is 5. The van der Waals surface area contributed by atoms with Crippen molar-refractivity contribution < 1.29 is 4.79 Å². The third-order valence-electron chi connectivity index (χ3n) is 2.71. The van der Waals surface area contributed by atoms with Gasteiger partial charge in [-0.3, -0.25) is 4.79 Å². The van der Waals surface area contributed by atoms with Gasteiger partial charge in [0.15, 0.2) is 0 Å². The lowest BCUT2D eigenvalue weighted by molar-refractivity contribution is -0.116. The number of benzene rings is 1. The SMILES string of the molecule is CC(C)CCC(=O)Nc1ccc(-n2cnnn2)cc1. The zero-order valence-electron chi connectivity index (χ0n) is 11.1. The Hall–Kier alpha value is -2.24. The molecular weight excluding hydrogens is 242 g/mol. The van der Waals surface area contributed by atoms with E-state index in [-0.39, 0.29) is 5.91 Å². The lowest BCUT2D eigenvalue weighted by Gasteiger charge is -2.07. The molecule has 0 aliphatic heterocycles. The van der Waals surface area contributed by atoms with Gasteiger partial charge < -0.3 is 5.32 Å². The van der Waals surface area contributed by atoms with Crippen molar-refractivity contribution in [1.29, 1.82) is 0 Å². The summed E-state index contributed by atoms with van der Waals surface area (Å²) in [6.07, 6.45) is 2.97. The molecule has 0 saturated heterocycles. The highest BCUT2D eigenvalue weighted by Gasteiger charge is 2.04. The number of carbonyl (C=O) groups is 1. The van der Waals surface area contributed by atoms with Gasteiger partial charge in [0.2, 0.25) is 5.91 Å². The van der Waals surface area contributed by atoms with E-state index in [9.17, 15) is 4.79 Å². The van der Waals surface area contributed by atoms with Crippen LogP contribution in [-0.4, -0.2) is 26.1 Å². The summed E-state index contributed by atoms with van der Waals surface area (Å²) in [6, 6.07) is 7.39. The number of carbonyl (C=O) groups excluding carboxylic acids is 1. The van der Waals surface area contributed by atoms with Crippen molar-refractivity contribution in [3.63, 3.8) is 0 Å². The Morgan fingerprint density at radius 3 is 2.63 bits per heavy atom. The molecule has 19 heavy (non-hydrogen) atoms. The van der Waals surface area contributed by atoms with E-state index in [1.807, 2.05) is 24.3 Å². The van der Waals surface area contributed by atoms with Gasteiger partial charge in [-0.1, -0.05) is 13.8 Å². The smallest absolute Gasteiger partial charge is 0.224 e. The van der Waals surface area contributed by atoms with Crippen LogP contribution in [0.1, 0.15) is 26.7 Å². The van der Waals surface area contributed by atoms with Crippen LogP contribution >= 0.6 is 0 Å². The molecule has 0 spiro atoms. The highest BCUT2D eigenvalue weighted by molar-refractivity contribution is 5.90. The van der Waals surface area contributed by atoms with Gasteiger partial charge in [0.1, 0.15) is 6.33 Å². The second kappa shape index (κ2) is 6.08. The highest BCUT2D eigenvalue weighted by Crippen LogP contribution is 2.13. The molecule has 0 saturated carbocycles. The van der Waals surface area contributed by atoms with Crippen molar-refractivity contribution >= 4 is 11.6 Å². The van der Waals surface area contributed by atoms with E-state index in [2.05, 4.69) is 34.7 Å². The second-order valence-corrected chi connectivity index (χ2v) is 4.78. The predicted octanol–water partition coefficient (Wildman–Crippen LogP) is 2.04. The number of aromatic nitrogens is 4. The molecule has 0 unspecified atom stereocenters. The van der Waals surface area contributed by atoms with Crippen LogP contribution in [0.5, 0.6) is 0 Å². The number of amides is 1. The minimum Gasteiger partial charge on any atom is -0.326 e. The first kappa shape index (κ1) is 13.2. The lowest BCUT2D eigenvalue weighted by Crippen LogP contribution is -2.12. The van der Waals surface area contributed by atoms with Gasteiger partial charge in [-0.2, -0.15) is 0 Å². The van der Waals surface area contributed by atoms with E-state index in [0.717, 1.165) is 17.8 Å². The quantitative estimate of drug-likeness (QED) is 0.891. The maximum absolute atomic E-state index is 11.7. The number of nitrogens with zero attached hydrogens (tertiary/aromatic N) is 4. The van der Waals surface area contributed by atoms with Crippen molar-refractivity contribution in [3.05, 3.63) is 30.6 Å². The molecule has 0 atom stereocenters. The number of tetrazole rings is 1. The van der Waals surface area contributed by atoms with E-state index < -0.39 is 0 Å². The van der Waals surface area contributed by atoms with Crippen LogP contribution in [0.4, 0.5) is 5.69 Å². The first-order valence-corrected chi connectivity index (χ1v) is 6.28. The molecule has 0 radical (unpaired) electrons. The molecular formula is C13H17N5O. The van der Waals surface area contributed by atoms with Crippen LogP contribution in [0, 0.1) is 5.92 Å². The fourth-order valence-corrected chi connectivity index (χ4v) is 1.62. The summed E-state index contributed by atoms with van der Waals surface area (Å²) in [5, 5.41) is 13.8. The zero-order valence-corrected chi connectivity index (χ0v) is 11.1. The van der Waals surface area contributed by atoms with E-state index >= 15 is 0 Å². The van der Waals surface area contributed by atoms with Crippen LogP contribution in [0.3, 0.4) is 0 Å². The third-order valence-corrected chi connectivity index (χ3v) is 2.71. The van der Waals surface area contributed by atoms with E-state index in [1.165, 1.54) is 6.33 Å². The van der Waals surface area contributed by atoms with Gasteiger partial charge in [0, 0.05) is 12.1 Å². The van der Waals surface area contributed by atoms with Crippen molar-refractivity contribution in [2.24, 2.45) is 5.92 Å². The molecule has 1 aromatic heterocycles. The summed E-state index contributed by atoms with van der Waals surface area (Å²) in [6.45, 7) is 4.21. The van der Waals surface area contributed by atoms with Gasteiger partial charge >= 0.3 is 0 Å². The minimum absolute atomic E-state index is 0.0453. The van der Waals surface area contributed by atoms with E-state index in [1.54, 1.807) is 4.68 Å². The van der Waals surface area contributed by atoms with Crippen molar-refractivity contribution in [2.75, 3.05) is 5.32 Å². The molecule has 6 nitrogen and oxygen atoms in total. The number of nitrogens with one attached hydrogen (secondary N) is 1. The monoisotopic (exact) mass is 259 g/mol. The second-order valence-electron chi connectivity index (χ2n) is 4.78. The topological polar surface area (TPSA) is 72.7 Å². The Balaban J connectivity index is 1.94. The summed E-state index contributed by atoms with van der Waals surface area (Å²) < 4.78 is 1.56. The van der Waals surface area contributed by atoms with Crippen molar-refractivity contribution in [3.8, 4) is 5.69 Å². The van der Waals surface area contributed by atoms with E-state index in [0.29, 0.717) is 12.3 Å². The van der Waals surface area contributed by atoms with Crippen molar-refractivity contribution in [1.82, 2.24) is 20.2 Å². The van der Waals surface area contributed by atoms with Gasteiger partial charge in [0.05, 0.1) is 5.69 Å². The molecule has 0 bridgehead atoms. The van der Waals surface area contributed by atoms with Gasteiger partial charge in [-0.05, 0) is 47.0 Å². The Morgan fingerprint density at radius 1 is 1.32 bits per heavy atom. The Labute approximate surface area is 111 Å². The molecule has 6 heteroatoms. The van der Waals surface area contributed by atoms with Gasteiger partial charge in [0.25, 0.3) is 0 Å². The van der Waals surface area contributed by atoms with Crippen LogP contribution in [0.15, 0.2) is 30.6 Å². The minimum atomic E-state index is 0.0453. The highest BCUT2D eigenvalue weighted by atomic mass is 16.1. The summed E-state index contributed by atoms with van der Waals surface area (Å²) in [7, 11) is 0. The molecule has 2 rings (SSSR count). The summed E-state index contributed by atoms with van der Waals surface area (Å²) in [5.74, 6) is 0.580. The Kier molecular flexibility index (Phi) is 4.22. The van der Waals surface area contributed by atoms with Crippen LogP contribution in [0.2, 0.25) is 0 Å². The fourth-order valence-electron chi connectivity index (χ4n) is 1.62. The summed E-state index contributed by atoms with van der Waals surface area (Å²) in [4.78, 5) is 11.7. The molecule has 1 N–H and O–H groups in total. The lowest BCUT2D eigenvalue weighted by atomic mass is 10.1. The largest absolute Gasteiger partial charge is 0.326 e. The average molecular weight is 259 g/mol. The maximum atomic E-state index is 11.7. The molecule has 1 heterocycles. The van der Waals surface area contributed by atoms with Crippen LogP contribution in [0.25, 0.3) is 5.69 Å². The Morgan fingerprint density at radius 2 is 2.05 bits per heavy atom. The normalized spacial score (nSPS) is 10.7. The molecule has 0 fully saturated rings. The standard InChI is InChI=1S/C13H17N5O/c1-10(2)3-8-13(19)15-11-4-6-12(7-5-11)18-9-14-16-17-18/h4-7,9-10H,3,8H2,1-2H3,(H,15,19). The first-order chi connectivity index (χ1) is 9.15. The molecule has 100 valence electrons. The zero-order chi connectivity index (χ0) is 13.7. The summed E-state index contributed by atoms with van der Waals surface area (Å²) in [5.41, 5.74) is 1.63. The van der Waals surface area contributed by atoms with Gasteiger partial charge in [-0.15, -0.1) is 5.10 Å². The van der Waals surface area contributed by atoms with Crippen LogP contribution in [-0.2, 0) is 4.79 Å². The molecule has 1 amide bonds. The predicted molar refractivity (Wildman–Crippen MR) is 71.9 cm³/mol. The summed E-state index contributed by atoms with van der Waals surface area (Å²) >= 11 is 0. The van der Waals surface area contributed by atoms with E-state index in [4.69, 9.17) is 0 Å². The molecule has 1 aromatic carbocycles. The van der Waals surface area contributed by atoms with Gasteiger partial charge in [-0.25, -0.2) is 4.68 Å². The number of anilines is 1. The third kappa shape index (κ3) is 3.87. The van der Waals surface area contributed by atoms with Crippen molar-refractivity contribution in [2.45, 2.75) is 26.7 Å².